The van der Waals surface area contributed by atoms with Crippen molar-refractivity contribution in [2.75, 3.05) is 26.2 Å². The van der Waals surface area contributed by atoms with Crippen molar-refractivity contribution in [3.8, 4) is 0 Å². The highest BCUT2D eigenvalue weighted by Gasteiger charge is 2.33. The Morgan fingerprint density at radius 3 is 2.33 bits per heavy atom. The van der Waals surface area contributed by atoms with Crippen LogP contribution in [0.25, 0.3) is 0 Å². The molecule has 2 aliphatic rings. The Bertz CT molecular complexity index is 311. The number of piperidine rings is 1. The van der Waals surface area contributed by atoms with E-state index < -0.39 is 0 Å². The normalized spacial score (nSPS) is 24.4. The molecule has 0 aromatic carbocycles. The van der Waals surface area contributed by atoms with Gasteiger partial charge in [0.2, 0.25) is 0 Å². The van der Waals surface area contributed by atoms with Gasteiger partial charge in [-0.15, -0.1) is 0 Å². The molecule has 102 valence electrons. The van der Waals surface area contributed by atoms with Gasteiger partial charge in [0.25, 0.3) is 0 Å². The molecule has 0 aromatic heterocycles. The number of amides is 2. The van der Waals surface area contributed by atoms with E-state index in [0.29, 0.717) is 26.1 Å². The molecule has 1 unspecified atom stereocenters. The molecule has 5 heteroatoms. The lowest BCUT2D eigenvalue weighted by Gasteiger charge is -2.35. The molecule has 0 aliphatic carbocycles. The van der Waals surface area contributed by atoms with E-state index in [2.05, 4.69) is 0 Å². The zero-order chi connectivity index (χ0) is 13.0. The molecule has 1 N–H and O–H groups in total. The molecule has 2 saturated heterocycles. The first-order valence-corrected chi connectivity index (χ1v) is 6.95. The van der Waals surface area contributed by atoms with Crippen molar-refractivity contribution < 1.29 is 14.7 Å². The largest absolute Gasteiger partial charge is 0.396 e. The molecule has 2 amide bonds. The Labute approximate surface area is 108 Å². The second-order valence-electron chi connectivity index (χ2n) is 5.16. The van der Waals surface area contributed by atoms with E-state index in [4.69, 9.17) is 5.11 Å². The summed E-state index contributed by atoms with van der Waals surface area (Å²) < 4.78 is 0. The number of carbonyl (C=O) groups excluding carboxylic acids is 2. The number of hydrogen-bond acceptors (Lipinski definition) is 3. The number of carbonyl (C=O) groups is 2. The minimum absolute atomic E-state index is 0.0443. The maximum atomic E-state index is 12.2. The smallest absolute Gasteiger partial charge is 0.312 e. The van der Waals surface area contributed by atoms with Gasteiger partial charge < -0.3 is 14.9 Å². The van der Waals surface area contributed by atoms with Crippen molar-refractivity contribution >= 4 is 11.8 Å². The fraction of sp³-hybridized carbons (Fsp3) is 0.846. The number of nitrogens with zero attached hydrogens (tertiary/aromatic N) is 2. The van der Waals surface area contributed by atoms with Gasteiger partial charge in [-0.3, -0.25) is 9.59 Å². The summed E-state index contributed by atoms with van der Waals surface area (Å²) >= 11 is 0. The lowest BCUT2D eigenvalue weighted by Crippen LogP contribution is -2.50. The second-order valence-corrected chi connectivity index (χ2v) is 5.16. The van der Waals surface area contributed by atoms with Crippen LogP contribution in [-0.4, -0.2) is 59.0 Å². The Morgan fingerprint density at radius 1 is 1.00 bits per heavy atom. The Hall–Kier alpha value is -1.10. The molecule has 0 bridgehead atoms. The van der Waals surface area contributed by atoms with E-state index in [0.717, 1.165) is 32.1 Å². The summed E-state index contributed by atoms with van der Waals surface area (Å²) in [6.07, 6.45) is 5.52. The van der Waals surface area contributed by atoms with Crippen LogP contribution in [0.1, 0.15) is 38.5 Å². The third kappa shape index (κ3) is 2.83. The SMILES string of the molecule is O=C(C(=O)N1CCCCC1CCO)N1CCCC1. The molecule has 0 aromatic rings. The summed E-state index contributed by atoms with van der Waals surface area (Å²) in [7, 11) is 0. The predicted molar refractivity (Wildman–Crippen MR) is 66.9 cm³/mol. The van der Waals surface area contributed by atoms with E-state index in [-0.39, 0.29) is 24.5 Å². The van der Waals surface area contributed by atoms with E-state index in [1.54, 1.807) is 9.80 Å². The zero-order valence-electron chi connectivity index (χ0n) is 10.8. The van der Waals surface area contributed by atoms with Crippen LogP contribution in [0.3, 0.4) is 0 Å². The Balaban J connectivity index is 1.98. The first-order chi connectivity index (χ1) is 8.74. The van der Waals surface area contributed by atoms with Gasteiger partial charge in [0, 0.05) is 32.3 Å². The highest BCUT2D eigenvalue weighted by atomic mass is 16.3. The van der Waals surface area contributed by atoms with Crippen molar-refractivity contribution in [3.63, 3.8) is 0 Å². The Morgan fingerprint density at radius 2 is 1.67 bits per heavy atom. The van der Waals surface area contributed by atoms with Gasteiger partial charge in [0.05, 0.1) is 0 Å². The van der Waals surface area contributed by atoms with Crippen molar-refractivity contribution in [1.82, 2.24) is 9.80 Å². The summed E-state index contributed by atoms with van der Waals surface area (Å²) in [5.74, 6) is -0.715. The van der Waals surface area contributed by atoms with E-state index >= 15 is 0 Å². The van der Waals surface area contributed by atoms with Gasteiger partial charge in [-0.05, 0) is 38.5 Å². The monoisotopic (exact) mass is 254 g/mol. The molecular formula is C13H22N2O3. The van der Waals surface area contributed by atoms with Crippen LogP contribution in [-0.2, 0) is 9.59 Å². The van der Waals surface area contributed by atoms with Crippen LogP contribution in [0.5, 0.6) is 0 Å². The quantitative estimate of drug-likeness (QED) is 0.724. The number of hydrogen-bond donors (Lipinski definition) is 1. The first kappa shape index (κ1) is 13.3. The molecule has 1 atom stereocenters. The third-order valence-corrected chi connectivity index (χ3v) is 3.93. The lowest BCUT2D eigenvalue weighted by molar-refractivity contribution is -0.153. The number of aliphatic hydroxyl groups excluding tert-OH is 1. The van der Waals surface area contributed by atoms with Crippen molar-refractivity contribution in [1.29, 1.82) is 0 Å². The maximum Gasteiger partial charge on any atom is 0.312 e. The Kier molecular flexibility index (Phi) is 4.58. The molecule has 2 rings (SSSR count). The molecule has 0 saturated carbocycles. The predicted octanol–water partition coefficient (Wildman–Crippen LogP) is 0.372. The standard InChI is InChI=1S/C13H22N2O3/c16-10-6-11-5-1-2-9-15(11)13(18)12(17)14-7-3-4-8-14/h11,16H,1-10H2. The van der Waals surface area contributed by atoms with Gasteiger partial charge in [-0.25, -0.2) is 0 Å². The lowest BCUT2D eigenvalue weighted by atomic mass is 9.99. The van der Waals surface area contributed by atoms with Crippen molar-refractivity contribution in [2.45, 2.75) is 44.6 Å². The average Bonchev–Trinajstić information content (AvgIpc) is 2.92. The molecule has 2 heterocycles. The topological polar surface area (TPSA) is 60.9 Å². The molecule has 18 heavy (non-hydrogen) atoms. The number of aliphatic hydroxyl groups is 1. The fourth-order valence-corrected chi connectivity index (χ4v) is 2.90. The van der Waals surface area contributed by atoms with Crippen LogP contribution in [0.2, 0.25) is 0 Å². The summed E-state index contributed by atoms with van der Waals surface area (Å²) in [4.78, 5) is 27.6. The maximum absolute atomic E-state index is 12.2. The van der Waals surface area contributed by atoms with E-state index in [1.165, 1.54) is 0 Å². The summed E-state index contributed by atoms with van der Waals surface area (Å²) in [5, 5.41) is 9.03. The van der Waals surface area contributed by atoms with Crippen LogP contribution < -0.4 is 0 Å². The zero-order valence-corrected chi connectivity index (χ0v) is 10.8. The van der Waals surface area contributed by atoms with Crippen LogP contribution >= 0.6 is 0 Å². The van der Waals surface area contributed by atoms with Crippen LogP contribution in [0.15, 0.2) is 0 Å². The number of likely N-dealkylation sites (tertiary alicyclic amines) is 2. The minimum atomic E-state index is -0.366. The van der Waals surface area contributed by atoms with Gasteiger partial charge in [0.15, 0.2) is 0 Å². The van der Waals surface area contributed by atoms with E-state index in [9.17, 15) is 9.59 Å². The molecular weight excluding hydrogens is 232 g/mol. The summed E-state index contributed by atoms with van der Waals surface area (Å²) in [6.45, 7) is 2.15. The van der Waals surface area contributed by atoms with Gasteiger partial charge in [0.1, 0.15) is 0 Å². The average molecular weight is 254 g/mol. The minimum Gasteiger partial charge on any atom is -0.396 e. The van der Waals surface area contributed by atoms with Crippen LogP contribution in [0.4, 0.5) is 0 Å². The molecule has 5 nitrogen and oxygen atoms in total. The fourth-order valence-electron chi connectivity index (χ4n) is 2.90. The molecule has 2 fully saturated rings. The number of rotatable bonds is 2. The highest BCUT2D eigenvalue weighted by molar-refractivity contribution is 6.35. The first-order valence-electron chi connectivity index (χ1n) is 6.95. The second kappa shape index (κ2) is 6.18. The van der Waals surface area contributed by atoms with Gasteiger partial charge in [-0.2, -0.15) is 0 Å². The molecule has 0 spiro atoms. The van der Waals surface area contributed by atoms with Crippen LogP contribution in [0, 0.1) is 0 Å². The molecule has 0 radical (unpaired) electrons. The van der Waals surface area contributed by atoms with Gasteiger partial charge in [-0.1, -0.05) is 0 Å². The van der Waals surface area contributed by atoms with E-state index in [1.807, 2.05) is 0 Å². The van der Waals surface area contributed by atoms with Crippen molar-refractivity contribution in [2.24, 2.45) is 0 Å². The summed E-state index contributed by atoms with van der Waals surface area (Å²) in [5.41, 5.74) is 0. The molecule has 2 aliphatic heterocycles. The summed E-state index contributed by atoms with van der Waals surface area (Å²) in [6, 6.07) is 0.0443. The highest BCUT2D eigenvalue weighted by Crippen LogP contribution is 2.20. The van der Waals surface area contributed by atoms with Crippen molar-refractivity contribution in [3.05, 3.63) is 0 Å². The van der Waals surface area contributed by atoms with Gasteiger partial charge >= 0.3 is 11.8 Å². The third-order valence-electron chi connectivity index (χ3n) is 3.93.